The Kier molecular flexibility index (Phi) is 5.91. The molecular formula is C16H28O. The highest BCUT2D eigenvalue weighted by Crippen LogP contribution is 2.38. The molecule has 98 valence electrons. The summed E-state index contributed by atoms with van der Waals surface area (Å²) in [4.78, 5) is 0. The van der Waals surface area contributed by atoms with Gasteiger partial charge in [-0.3, -0.25) is 0 Å². The minimum Gasteiger partial charge on any atom is -0.385 e. The minimum atomic E-state index is -0.512. The molecule has 0 radical (unpaired) electrons. The van der Waals surface area contributed by atoms with Gasteiger partial charge in [0.1, 0.15) is 0 Å². The fourth-order valence-corrected chi connectivity index (χ4v) is 2.14. The molecule has 0 rings (SSSR count). The summed E-state index contributed by atoms with van der Waals surface area (Å²) in [5, 5.41) is 9.58. The monoisotopic (exact) mass is 236 g/mol. The average molecular weight is 236 g/mol. The molecule has 0 fully saturated rings. The summed E-state index contributed by atoms with van der Waals surface area (Å²) in [6, 6.07) is 0. The maximum absolute atomic E-state index is 9.58. The summed E-state index contributed by atoms with van der Waals surface area (Å²) in [6.07, 6.45) is 7.88. The Morgan fingerprint density at radius 1 is 1.18 bits per heavy atom. The summed E-state index contributed by atoms with van der Waals surface area (Å²) >= 11 is 0. The molecule has 0 saturated heterocycles. The quantitative estimate of drug-likeness (QED) is 0.550. The van der Waals surface area contributed by atoms with Crippen molar-refractivity contribution in [3.8, 4) is 0 Å². The van der Waals surface area contributed by atoms with Gasteiger partial charge >= 0.3 is 0 Å². The van der Waals surface area contributed by atoms with E-state index in [9.17, 15) is 5.11 Å². The highest BCUT2D eigenvalue weighted by Gasteiger charge is 2.26. The van der Waals surface area contributed by atoms with E-state index in [2.05, 4.69) is 41.2 Å². The van der Waals surface area contributed by atoms with Crippen molar-refractivity contribution in [2.75, 3.05) is 0 Å². The third-order valence-corrected chi connectivity index (χ3v) is 2.73. The molecule has 0 saturated carbocycles. The van der Waals surface area contributed by atoms with Crippen LogP contribution in [0.2, 0.25) is 0 Å². The van der Waals surface area contributed by atoms with Crippen molar-refractivity contribution in [2.45, 2.75) is 54.1 Å². The molecule has 0 bridgehead atoms. The van der Waals surface area contributed by atoms with Crippen LogP contribution in [0.15, 0.2) is 36.5 Å². The summed E-state index contributed by atoms with van der Waals surface area (Å²) < 4.78 is 0. The molecule has 1 atom stereocenters. The van der Waals surface area contributed by atoms with Crippen LogP contribution in [0.5, 0.6) is 0 Å². The van der Waals surface area contributed by atoms with Gasteiger partial charge < -0.3 is 5.11 Å². The molecule has 0 aliphatic carbocycles. The molecule has 0 amide bonds. The smallest absolute Gasteiger partial charge is 0.0905 e. The lowest BCUT2D eigenvalue weighted by Crippen LogP contribution is -2.21. The molecule has 1 heteroatoms. The summed E-state index contributed by atoms with van der Waals surface area (Å²) in [5.74, 6) is 0. The maximum atomic E-state index is 9.58. The summed E-state index contributed by atoms with van der Waals surface area (Å²) in [7, 11) is 0. The first-order valence-electron chi connectivity index (χ1n) is 6.27. The Bertz CT molecular complexity index is 300. The van der Waals surface area contributed by atoms with E-state index >= 15 is 0 Å². The summed E-state index contributed by atoms with van der Waals surface area (Å²) in [6.45, 7) is 17.1. The Labute approximate surface area is 107 Å². The van der Waals surface area contributed by atoms with Crippen LogP contribution in [0, 0.1) is 10.8 Å². The predicted octanol–water partition coefficient (Wildman–Crippen LogP) is 4.50. The van der Waals surface area contributed by atoms with E-state index < -0.39 is 6.10 Å². The van der Waals surface area contributed by atoms with Crippen molar-refractivity contribution in [3.05, 3.63) is 36.5 Å². The van der Waals surface area contributed by atoms with E-state index in [-0.39, 0.29) is 10.8 Å². The molecule has 0 aromatic rings. The van der Waals surface area contributed by atoms with E-state index in [4.69, 9.17) is 0 Å². The van der Waals surface area contributed by atoms with Gasteiger partial charge in [-0.2, -0.15) is 0 Å². The van der Waals surface area contributed by atoms with Gasteiger partial charge in [-0.15, -0.1) is 0 Å². The predicted molar refractivity (Wildman–Crippen MR) is 77.0 cm³/mol. The van der Waals surface area contributed by atoms with Crippen LogP contribution in [0.25, 0.3) is 0 Å². The zero-order valence-electron chi connectivity index (χ0n) is 12.2. The van der Waals surface area contributed by atoms with Gasteiger partial charge in [0.25, 0.3) is 0 Å². The standard InChI is InChI=1S/C16H28O/c1-8-9-14(17)11-10-13(2)16(6,7)12-15(3,4)5/h8-11,14,17H,2,12H2,1,3-7H3/b9-8+,11-10-. The lowest BCUT2D eigenvalue weighted by molar-refractivity contribution is 0.252. The van der Waals surface area contributed by atoms with E-state index in [1.165, 1.54) is 0 Å². The lowest BCUT2D eigenvalue weighted by Gasteiger charge is -2.33. The largest absolute Gasteiger partial charge is 0.385 e. The Morgan fingerprint density at radius 3 is 2.12 bits per heavy atom. The molecule has 0 aromatic carbocycles. The highest BCUT2D eigenvalue weighted by atomic mass is 16.3. The molecule has 0 aliphatic rings. The maximum Gasteiger partial charge on any atom is 0.0905 e. The topological polar surface area (TPSA) is 20.2 Å². The van der Waals surface area contributed by atoms with Crippen LogP contribution in [0.1, 0.15) is 48.0 Å². The number of hydrogen-bond donors (Lipinski definition) is 1. The van der Waals surface area contributed by atoms with Crippen LogP contribution in [0.4, 0.5) is 0 Å². The Balaban J connectivity index is 4.59. The van der Waals surface area contributed by atoms with Gasteiger partial charge in [0, 0.05) is 0 Å². The number of hydrogen-bond acceptors (Lipinski definition) is 1. The second kappa shape index (κ2) is 6.20. The van der Waals surface area contributed by atoms with Crippen LogP contribution in [-0.2, 0) is 0 Å². The van der Waals surface area contributed by atoms with Gasteiger partial charge in [0.2, 0.25) is 0 Å². The summed E-state index contributed by atoms with van der Waals surface area (Å²) in [5.41, 5.74) is 1.41. The fourth-order valence-electron chi connectivity index (χ4n) is 2.14. The number of allylic oxidation sites excluding steroid dienone is 3. The lowest BCUT2D eigenvalue weighted by atomic mass is 9.72. The van der Waals surface area contributed by atoms with Crippen molar-refractivity contribution in [1.29, 1.82) is 0 Å². The molecule has 0 aliphatic heterocycles. The van der Waals surface area contributed by atoms with Crippen LogP contribution in [0.3, 0.4) is 0 Å². The molecule has 17 heavy (non-hydrogen) atoms. The van der Waals surface area contributed by atoms with Crippen molar-refractivity contribution in [2.24, 2.45) is 10.8 Å². The first-order valence-corrected chi connectivity index (χ1v) is 6.27. The molecule has 1 unspecified atom stereocenters. The van der Waals surface area contributed by atoms with Crippen LogP contribution >= 0.6 is 0 Å². The average Bonchev–Trinajstić information content (AvgIpc) is 2.10. The molecular weight excluding hydrogens is 208 g/mol. The highest BCUT2D eigenvalue weighted by molar-refractivity contribution is 5.24. The molecule has 0 heterocycles. The van der Waals surface area contributed by atoms with Gasteiger partial charge in [0.05, 0.1) is 6.10 Å². The first kappa shape index (κ1) is 16.2. The number of rotatable bonds is 5. The van der Waals surface area contributed by atoms with Gasteiger partial charge in [-0.1, -0.05) is 65.5 Å². The van der Waals surface area contributed by atoms with Crippen molar-refractivity contribution in [3.63, 3.8) is 0 Å². The van der Waals surface area contributed by atoms with Gasteiger partial charge in [-0.05, 0) is 29.7 Å². The fraction of sp³-hybridized carbons (Fsp3) is 0.625. The van der Waals surface area contributed by atoms with E-state index in [0.717, 1.165) is 12.0 Å². The van der Waals surface area contributed by atoms with Gasteiger partial charge in [0.15, 0.2) is 0 Å². The van der Waals surface area contributed by atoms with Crippen LogP contribution in [-0.4, -0.2) is 11.2 Å². The van der Waals surface area contributed by atoms with Crippen molar-refractivity contribution in [1.82, 2.24) is 0 Å². The third kappa shape index (κ3) is 7.17. The van der Waals surface area contributed by atoms with E-state index in [0.29, 0.717) is 0 Å². The Morgan fingerprint density at radius 2 is 1.71 bits per heavy atom. The number of aliphatic hydroxyl groups is 1. The molecule has 0 aromatic heterocycles. The van der Waals surface area contributed by atoms with E-state index in [1.54, 1.807) is 12.2 Å². The zero-order valence-corrected chi connectivity index (χ0v) is 12.2. The van der Waals surface area contributed by atoms with Gasteiger partial charge in [-0.25, -0.2) is 0 Å². The van der Waals surface area contributed by atoms with Crippen molar-refractivity contribution >= 4 is 0 Å². The molecule has 0 spiro atoms. The van der Waals surface area contributed by atoms with Crippen LogP contribution < -0.4 is 0 Å². The Hall–Kier alpha value is -0.820. The minimum absolute atomic E-state index is 0.0599. The van der Waals surface area contributed by atoms with Crippen molar-refractivity contribution < 1.29 is 5.11 Å². The second-order valence-electron chi connectivity index (χ2n) is 6.52. The third-order valence-electron chi connectivity index (χ3n) is 2.73. The zero-order chi connectivity index (χ0) is 13.7. The second-order valence-corrected chi connectivity index (χ2v) is 6.52. The SMILES string of the molecule is C=C(/C=C\C(O)/C=C/C)C(C)(C)CC(C)(C)C. The number of aliphatic hydroxyl groups excluding tert-OH is 1. The normalized spacial score (nSPS) is 15.7. The molecule has 1 N–H and O–H groups in total. The van der Waals surface area contributed by atoms with E-state index in [1.807, 2.05) is 19.1 Å². The first-order chi connectivity index (χ1) is 7.58. The molecule has 1 nitrogen and oxygen atoms in total.